The summed E-state index contributed by atoms with van der Waals surface area (Å²) in [5, 5.41) is 5.11. The summed E-state index contributed by atoms with van der Waals surface area (Å²) in [5.74, 6) is 1.41. The van der Waals surface area contributed by atoms with Gasteiger partial charge in [0.1, 0.15) is 0 Å². The van der Waals surface area contributed by atoms with Gasteiger partial charge in [0.05, 0.1) is 21.3 Å². The first-order chi connectivity index (χ1) is 8.58. The van der Waals surface area contributed by atoms with Crippen molar-refractivity contribution in [2.24, 2.45) is 5.92 Å². The SMILES string of the molecule is CC1CC1c1noc(N)c1-c1ccc(Cl)c(Cl)c1. The summed E-state index contributed by atoms with van der Waals surface area (Å²) >= 11 is 12.0. The highest BCUT2D eigenvalue weighted by molar-refractivity contribution is 6.42. The Morgan fingerprint density at radius 1 is 1.33 bits per heavy atom. The summed E-state index contributed by atoms with van der Waals surface area (Å²) in [6.07, 6.45) is 1.13. The van der Waals surface area contributed by atoms with E-state index in [1.165, 1.54) is 0 Å². The summed E-state index contributed by atoms with van der Waals surface area (Å²) < 4.78 is 5.12. The molecule has 1 aliphatic carbocycles. The quantitative estimate of drug-likeness (QED) is 0.891. The normalized spacial score (nSPS) is 22.2. The maximum absolute atomic E-state index is 6.04. The highest BCUT2D eigenvalue weighted by atomic mass is 35.5. The summed E-state index contributed by atoms with van der Waals surface area (Å²) in [5.41, 5.74) is 8.55. The molecule has 0 radical (unpaired) electrons. The maximum Gasteiger partial charge on any atom is 0.230 e. The largest absolute Gasteiger partial charge is 0.367 e. The second-order valence-corrected chi connectivity index (χ2v) is 5.57. The van der Waals surface area contributed by atoms with E-state index in [1.54, 1.807) is 12.1 Å². The molecule has 1 fully saturated rings. The Kier molecular flexibility index (Phi) is 2.76. The first kappa shape index (κ1) is 11.9. The van der Waals surface area contributed by atoms with Crippen LogP contribution in [0.15, 0.2) is 22.7 Å². The van der Waals surface area contributed by atoms with E-state index in [0.29, 0.717) is 27.8 Å². The van der Waals surface area contributed by atoms with Crippen LogP contribution in [0.1, 0.15) is 25.0 Å². The van der Waals surface area contributed by atoms with Gasteiger partial charge < -0.3 is 10.3 Å². The van der Waals surface area contributed by atoms with Gasteiger partial charge in [-0.05, 0) is 30.0 Å². The van der Waals surface area contributed by atoms with Crippen molar-refractivity contribution in [1.29, 1.82) is 0 Å². The van der Waals surface area contributed by atoms with Crippen LogP contribution in [-0.2, 0) is 0 Å². The van der Waals surface area contributed by atoms with Crippen molar-refractivity contribution < 1.29 is 4.52 Å². The van der Waals surface area contributed by atoms with Gasteiger partial charge in [-0.25, -0.2) is 0 Å². The van der Waals surface area contributed by atoms with Crippen LogP contribution >= 0.6 is 23.2 Å². The van der Waals surface area contributed by atoms with E-state index in [9.17, 15) is 0 Å². The topological polar surface area (TPSA) is 52.0 Å². The van der Waals surface area contributed by atoms with Crippen LogP contribution in [0, 0.1) is 5.92 Å². The first-order valence-corrected chi connectivity index (χ1v) is 6.54. The van der Waals surface area contributed by atoms with Gasteiger partial charge in [-0.15, -0.1) is 0 Å². The second kappa shape index (κ2) is 4.18. The third-order valence-electron chi connectivity index (χ3n) is 3.41. The van der Waals surface area contributed by atoms with Crippen LogP contribution in [0.25, 0.3) is 11.1 Å². The van der Waals surface area contributed by atoms with Gasteiger partial charge in [0, 0.05) is 5.92 Å². The van der Waals surface area contributed by atoms with Crippen LogP contribution in [0.2, 0.25) is 10.0 Å². The maximum atomic E-state index is 6.04. The van der Waals surface area contributed by atoms with Crippen molar-refractivity contribution >= 4 is 29.1 Å². The zero-order valence-corrected chi connectivity index (χ0v) is 11.3. The van der Waals surface area contributed by atoms with Crippen LogP contribution in [0.3, 0.4) is 0 Å². The number of halogens is 2. The van der Waals surface area contributed by atoms with Crippen molar-refractivity contribution in [2.45, 2.75) is 19.3 Å². The Labute approximate surface area is 115 Å². The number of aromatic nitrogens is 1. The number of nitrogens with two attached hydrogens (primary N) is 1. The highest BCUT2D eigenvalue weighted by Gasteiger charge is 2.39. The molecule has 18 heavy (non-hydrogen) atoms. The van der Waals surface area contributed by atoms with Gasteiger partial charge in [-0.1, -0.05) is 41.3 Å². The molecule has 3 nitrogen and oxygen atoms in total. The Bertz CT molecular complexity index is 609. The fourth-order valence-corrected chi connectivity index (χ4v) is 2.51. The number of hydrogen-bond acceptors (Lipinski definition) is 3. The molecule has 5 heteroatoms. The van der Waals surface area contributed by atoms with Crippen LogP contribution < -0.4 is 5.73 Å². The van der Waals surface area contributed by atoms with Gasteiger partial charge in [-0.2, -0.15) is 0 Å². The van der Waals surface area contributed by atoms with Crippen molar-refractivity contribution in [1.82, 2.24) is 5.16 Å². The van der Waals surface area contributed by atoms with E-state index in [4.69, 9.17) is 33.5 Å². The lowest BCUT2D eigenvalue weighted by atomic mass is 10.0. The number of nitrogen functional groups attached to an aromatic ring is 1. The lowest BCUT2D eigenvalue weighted by molar-refractivity contribution is 0.427. The van der Waals surface area contributed by atoms with Gasteiger partial charge in [0.2, 0.25) is 5.88 Å². The molecule has 1 aromatic heterocycles. The lowest BCUT2D eigenvalue weighted by Crippen LogP contribution is -1.90. The number of anilines is 1. The molecule has 0 saturated heterocycles. The average molecular weight is 283 g/mol. The molecule has 1 aromatic carbocycles. The molecule has 1 heterocycles. The van der Waals surface area contributed by atoms with Gasteiger partial charge >= 0.3 is 0 Å². The zero-order chi connectivity index (χ0) is 12.9. The molecule has 2 atom stereocenters. The smallest absolute Gasteiger partial charge is 0.230 e. The van der Waals surface area contributed by atoms with Crippen molar-refractivity contribution in [3.8, 4) is 11.1 Å². The second-order valence-electron chi connectivity index (χ2n) is 4.76. The molecular formula is C13H12Cl2N2O. The summed E-state index contributed by atoms with van der Waals surface area (Å²) in [4.78, 5) is 0. The van der Waals surface area contributed by atoms with Gasteiger partial charge in [0.15, 0.2) is 0 Å². The molecule has 0 spiro atoms. The third kappa shape index (κ3) is 1.88. The Balaban J connectivity index is 2.10. The van der Waals surface area contributed by atoms with Crippen molar-refractivity contribution in [3.05, 3.63) is 33.9 Å². The number of rotatable bonds is 2. The minimum atomic E-state index is 0.336. The Morgan fingerprint density at radius 3 is 2.67 bits per heavy atom. The van der Waals surface area contributed by atoms with Crippen LogP contribution in [0.4, 0.5) is 5.88 Å². The number of nitrogens with zero attached hydrogens (tertiary/aromatic N) is 1. The molecule has 2 aromatic rings. The minimum Gasteiger partial charge on any atom is -0.367 e. The summed E-state index contributed by atoms with van der Waals surface area (Å²) in [6, 6.07) is 5.43. The first-order valence-electron chi connectivity index (χ1n) is 5.78. The van der Waals surface area contributed by atoms with E-state index >= 15 is 0 Å². The predicted octanol–water partition coefficient (Wildman–Crippen LogP) is 4.35. The fourth-order valence-electron chi connectivity index (χ4n) is 2.21. The van der Waals surface area contributed by atoms with E-state index < -0.39 is 0 Å². The Hall–Kier alpha value is -1.19. The number of benzene rings is 1. The molecule has 1 saturated carbocycles. The molecule has 0 aliphatic heterocycles. The van der Waals surface area contributed by atoms with Gasteiger partial charge in [-0.3, -0.25) is 0 Å². The fraction of sp³-hybridized carbons (Fsp3) is 0.308. The summed E-state index contributed by atoms with van der Waals surface area (Å²) in [6.45, 7) is 2.19. The average Bonchev–Trinajstić information content (AvgIpc) is 2.92. The molecule has 0 bridgehead atoms. The zero-order valence-electron chi connectivity index (χ0n) is 9.78. The molecule has 94 valence electrons. The highest BCUT2D eigenvalue weighted by Crippen LogP contribution is 2.50. The molecule has 0 amide bonds. The van der Waals surface area contributed by atoms with Crippen LogP contribution in [-0.4, -0.2) is 5.16 Å². The van der Waals surface area contributed by atoms with Gasteiger partial charge in [0.25, 0.3) is 0 Å². The van der Waals surface area contributed by atoms with Crippen molar-refractivity contribution in [2.75, 3.05) is 5.73 Å². The standard InChI is InChI=1S/C13H12Cl2N2O/c1-6-4-8(6)12-11(13(16)18-17-12)7-2-3-9(14)10(15)5-7/h2-3,5-6,8H,4,16H2,1H3. The molecule has 3 rings (SSSR count). The summed E-state index contributed by atoms with van der Waals surface area (Å²) in [7, 11) is 0. The minimum absolute atomic E-state index is 0.336. The van der Waals surface area contributed by atoms with E-state index in [2.05, 4.69) is 12.1 Å². The molecule has 2 N–H and O–H groups in total. The Morgan fingerprint density at radius 2 is 2.06 bits per heavy atom. The van der Waals surface area contributed by atoms with E-state index in [-0.39, 0.29) is 0 Å². The number of hydrogen-bond donors (Lipinski definition) is 1. The molecule has 1 aliphatic rings. The van der Waals surface area contributed by atoms with E-state index in [0.717, 1.165) is 23.2 Å². The van der Waals surface area contributed by atoms with Crippen molar-refractivity contribution in [3.63, 3.8) is 0 Å². The predicted molar refractivity (Wildman–Crippen MR) is 72.9 cm³/mol. The monoisotopic (exact) mass is 282 g/mol. The molecule has 2 unspecified atom stereocenters. The van der Waals surface area contributed by atoms with E-state index in [1.807, 2.05) is 6.07 Å². The lowest BCUT2D eigenvalue weighted by Gasteiger charge is -2.03. The third-order valence-corrected chi connectivity index (χ3v) is 4.15. The molecular weight excluding hydrogens is 271 g/mol. The van der Waals surface area contributed by atoms with Crippen LogP contribution in [0.5, 0.6) is 0 Å².